The van der Waals surface area contributed by atoms with Crippen molar-refractivity contribution in [1.82, 2.24) is 19.5 Å². The molecule has 1 aliphatic rings. The number of fused-ring (bicyclic) bond motifs is 1. The first-order valence-electron chi connectivity index (χ1n) is 17.2. The molecule has 54 heavy (non-hydrogen) atoms. The molecule has 278 valence electrons. The largest absolute Gasteiger partial charge is 0.497 e. The van der Waals surface area contributed by atoms with E-state index in [0.29, 0.717) is 23.1 Å². The van der Waals surface area contributed by atoms with Crippen LogP contribution in [0.15, 0.2) is 122 Å². The number of hydrogen-bond acceptors (Lipinski definition) is 11. The Morgan fingerprint density at radius 3 is 2.04 bits per heavy atom. The van der Waals surface area contributed by atoms with Crippen LogP contribution in [0, 0.1) is 0 Å². The maximum atomic E-state index is 13.0. The van der Waals surface area contributed by atoms with Crippen molar-refractivity contribution in [3.05, 3.63) is 144 Å². The zero-order valence-corrected chi connectivity index (χ0v) is 31.9. The number of hydrogen-bond donors (Lipinski definition) is 1. The van der Waals surface area contributed by atoms with Gasteiger partial charge in [-0.2, -0.15) is 0 Å². The van der Waals surface area contributed by atoms with Crippen molar-refractivity contribution in [2.45, 2.75) is 30.5 Å². The van der Waals surface area contributed by atoms with Gasteiger partial charge < -0.3 is 33.3 Å². The highest BCUT2D eigenvalue weighted by Gasteiger charge is 2.44. The quantitative estimate of drug-likeness (QED) is 0.0883. The fourth-order valence-corrected chi connectivity index (χ4v) is 7.76. The molecule has 0 saturated carbocycles. The molecule has 12 nitrogen and oxygen atoms in total. The van der Waals surface area contributed by atoms with E-state index >= 15 is 0 Å². The zero-order chi connectivity index (χ0) is 37.7. The summed E-state index contributed by atoms with van der Waals surface area (Å²) in [5, 5.41) is 2.87. The number of aromatic nitrogens is 4. The molecule has 0 radical (unpaired) electrons. The third-order valence-corrected chi connectivity index (χ3v) is 11.4. The van der Waals surface area contributed by atoms with E-state index in [9.17, 15) is 4.79 Å². The first-order chi connectivity index (χ1) is 26.2. The fraction of sp³-hybridized carbons (Fsp3) is 0.250. The van der Waals surface area contributed by atoms with Crippen molar-refractivity contribution in [3.63, 3.8) is 0 Å². The van der Waals surface area contributed by atoms with E-state index in [0.717, 1.165) is 28.2 Å². The normalized spacial score (nSPS) is 18.3. The second-order valence-electron chi connectivity index (χ2n) is 12.6. The van der Waals surface area contributed by atoms with Gasteiger partial charge in [0.15, 0.2) is 23.5 Å². The summed E-state index contributed by atoms with van der Waals surface area (Å²) >= 11 is 5.75. The van der Waals surface area contributed by atoms with Crippen molar-refractivity contribution in [3.8, 4) is 11.5 Å². The minimum atomic E-state index is -2.65. The Bertz CT molecular complexity index is 2190. The van der Waals surface area contributed by atoms with Crippen LogP contribution in [0.1, 0.15) is 39.7 Å². The van der Waals surface area contributed by atoms with Gasteiger partial charge in [0.25, 0.3) is 5.91 Å². The van der Waals surface area contributed by atoms with Gasteiger partial charge in [-0.1, -0.05) is 72.8 Å². The van der Waals surface area contributed by atoms with E-state index in [1.807, 2.05) is 89.5 Å². The van der Waals surface area contributed by atoms with Gasteiger partial charge in [-0.15, -0.1) is 0 Å². The number of nitrogens with one attached hydrogen (secondary N) is 1. The van der Waals surface area contributed by atoms with Crippen LogP contribution in [0.2, 0.25) is 0 Å². The number of carbonyl (C=O) groups excluding carboxylic acids is 1. The predicted molar refractivity (Wildman–Crippen MR) is 209 cm³/mol. The molecule has 1 saturated heterocycles. The lowest BCUT2D eigenvalue weighted by molar-refractivity contribution is -0.0902. The highest BCUT2D eigenvalue weighted by molar-refractivity contribution is 8.09. The number of anilines is 1. The Hall–Kier alpha value is -5.01. The van der Waals surface area contributed by atoms with Gasteiger partial charge in [-0.25, -0.2) is 15.0 Å². The Balaban J connectivity index is 1.24. The lowest BCUT2D eigenvalue weighted by atomic mass is 9.80. The Morgan fingerprint density at radius 1 is 0.852 bits per heavy atom. The molecule has 2 aromatic heterocycles. The average molecular weight is 766 g/mol. The van der Waals surface area contributed by atoms with Crippen LogP contribution in [0.25, 0.3) is 11.2 Å². The van der Waals surface area contributed by atoms with E-state index in [1.54, 1.807) is 58.6 Å². The van der Waals surface area contributed by atoms with Crippen molar-refractivity contribution in [2.75, 3.05) is 39.9 Å². The van der Waals surface area contributed by atoms with Crippen LogP contribution in [0.3, 0.4) is 0 Å². The van der Waals surface area contributed by atoms with Crippen LogP contribution >= 0.6 is 6.49 Å². The van der Waals surface area contributed by atoms with E-state index in [2.05, 4.69) is 20.3 Å². The Kier molecular flexibility index (Phi) is 11.2. The van der Waals surface area contributed by atoms with Crippen LogP contribution < -0.4 is 14.8 Å². The molecule has 1 fully saturated rings. The summed E-state index contributed by atoms with van der Waals surface area (Å²) in [5.41, 5.74) is 2.99. The second-order valence-corrected chi connectivity index (χ2v) is 16.8. The molecule has 1 aliphatic heterocycles. The monoisotopic (exact) mass is 765 g/mol. The molecule has 0 bridgehead atoms. The molecule has 0 aliphatic carbocycles. The number of nitrogens with zero attached hydrogens (tertiary/aromatic N) is 4. The Labute approximate surface area is 318 Å². The summed E-state index contributed by atoms with van der Waals surface area (Å²) in [6, 6.07) is 34.6. The molecule has 14 heteroatoms. The van der Waals surface area contributed by atoms with Crippen molar-refractivity contribution < 1.29 is 32.8 Å². The predicted octanol–water partition coefficient (Wildman–Crippen LogP) is 7.36. The molecule has 0 spiro atoms. The Morgan fingerprint density at radius 2 is 1.44 bits per heavy atom. The van der Waals surface area contributed by atoms with Crippen LogP contribution in [0.4, 0.5) is 5.82 Å². The minimum Gasteiger partial charge on any atom is -0.497 e. The molecule has 4 aromatic carbocycles. The van der Waals surface area contributed by atoms with E-state index in [-0.39, 0.29) is 18.3 Å². The van der Waals surface area contributed by atoms with E-state index in [4.69, 9.17) is 39.8 Å². The standard InChI is InChI=1S/C40H40N5O7PS/c1-47-31-19-15-29(16-20-31)40(28-13-9-6-10-14-28,30-17-21-32(48-2)22-18-30)50-24-34-33(52-53(4,54)49-3)23-35(51-34)45-26-43-36-37(41-25-42-38(36)45)44-39(46)27-11-7-5-8-12-27/h5-22,25-26,33-35H,23-24H2,1-4H3,(H,41,42,44,46)/t33-,34+,35+,53+/m0/s1. The minimum absolute atomic E-state index is 0.104. The highest BCUT2D eigenvalue weighted by atomic mass is 32.5. The smallest absolute Gasteiger partial charge is 0.256 e. The topological polar surface area (TPSA) is 128 Å². The van der Waals surface area contributed by atoms with Crippen LogP contribution in [0.5, 0.6) is 11.5 Å². The van der Waals surface area contributed by atoms with Crippen LogP contribution in [-0.2, 0) is 35.9 Å². The molecule has 7 rings (SSSR count). The third kappa shape index (κ3) is 7.65. The summed E-state index contributed by atoms with van der Waals surface area (Å²) in [6.07, 6.45) is 1.74. The summed E-state index contributed by atoms with van der Waals surface area (Å²) in [4.78, 5) is 26.4. The van der Waals surface area contributed by atoms with Gasteiger partial charge in [0.05, 0.1) is 33.3 Å². The van der Waals surface area contributed by atoms with Crippen molar-refractivity contribution in [2.24, 2.45) is 0 Å². The number of benzene rings is 4. The lowest BCUT2D eigenvalue weighted by Gasteiger charge is -2.37. The fourth-order valence-electron chi connectivity index (χ4n) is 6.63. The molecular weight excluding hydrogens is 726 g/mol. The van der Waals surface area contributed by atoms with Gasteiger partial charge >= 0.3 is 0 Å². The summed E-state index contributed by atoms with van der Waals surface area (Å²) in [6.45, 7) is -0.755. The van der Waals surface area contributed by atoms with E-state index in [1.165, 1.54) is 6.33 Å². The number of rotatable bonds is 14. The first-order valence-corrected chi connectivity index (χ1v) is 20.3. The van der Waals surface area contributed by atoms with E-state index < -0.39 is 30.5 Å². The molecule has 0 unspecified atom stereocenters. The summed E-state index contributed by atoms with van der Waals surface area (Å²) in [5.74, 6) is 1.42. The second kappa shape index (κ2) is 16.2. The SMILES string of the molecule is COc1ccc(C(OC[C@H]2O[C@@H](n3cnc4c(NC(=O)c5ccccc5)ncnc43)C[C@@H]2O[P@](C)(=S)OC)(c2ccccc2)c2ccc(OC)cc2)cc1. The maximum absolute atomic E-state index is 13.0. The first kappa shape index (κ1) is 37.3. The molecule has 3 heterocycles. The number of amides is 1. The van der Waals surface area contributed by atoms with Gasteiger partial charge in [-0.05, 0) is 64.9 Å². The highest BCUT2D eigenvalue weighted by Crippen LogP contribution is 2.49. The molecule has 4 atom stereocenters. The summed E-state index contributed by atoms with van der Waals surface area (Å²) in [7, 11) is 4.83. The molecule has 6 aromatic rings. The molecule has 1 amide bonds. The summed E-state index contributed by atoms with van der Waals surface area (Å²) < 4.78 is 39.0. The van der Waals surface area contributed by atoms with Gasteiger partial charge in [0.2, 0.25) is 0 Å². The number of imidazole rings is 1. The van der Waals surface area contributed by atoms with Crippen molar-refractivity contribution in [1.29, 1.82) is 0 Å². The lowest BCUT2D eigenvalue weighted by Crippen LogP contribution is -2.38. The zero-order valence-electron chi connectivity index (χ0n) is 30.2. The molecule has 1 N–H and O–H groups in total. The van der Waals surface area contributed by atoms with Gasteiger partial charge in [-0.3, -0.25) is 9.36 Å². The third-order valence-electron chi connectivity index (χ3n) is 9.41. The van der Waals surface area contributed by atoms with Gasteiger partial charge in [0, 0.05) is 25.8 Å². The van der Waals surface area contributed by atoms with Gasteiger partial charge in [0.1, 0.15) is 35.8 Å². The van der Waals surface area contributed by atoms with Crippen molar-refractivity contribution >= 4 is 41.2 Å². The molecular formula is C40H40N5O7PS. The average Bonchev–Trinajstić information content (AvgIpc) is 3.83. The number of carbonyl (C=O) groups is 1. The van der Waals surface area contributed by atoms with Crippen LogP contribution in [-0.4, -0.2) is 72.2 Å². The maximum Gasteiger partial charge on any atom is 0.256 e. The number of ether oxygens (including phenoxy) is 4. The number of methoxy groups -OCH3 is 2.